The minimum Gasteiger partial charge on any atom is -0.328 e. The first kappa shape index (κ1) is 9.99. The van der Waals surface area contributed by atoms with Crippen molar-refractivity contribution in [1.29, 1.82) is 0 Å². The summed E-state index contributed by atoms with van der Waals surface area (Å²) in [7, 11) is 0. The standard InChI is InChI=1S/C10H16N2O/c1-8(2)9(7-11)12-6-4-3-5-10(12)13/h3-6,8-9H,7,11H2,1-2H3. The van der Waals surface area contributed by atoms with Gasteiger partial charge < -0.3 is 10.3 Å². The Hall–Kier alpha value is -1.09. The SMILES string of the molecule is CC(C)C(CN)n1ccccc1=O. The molecule has 1 aromatic rings. The molecule has 0 saturated heterocycles. The summed E-state index contributed by atoms with van der Waals surface area (Å²) >= 11 is 0. The topological polar surface area (TPSA) is 48.0 Å². The summed E-state index contributed by atoms with van der Waals surface area (Å²) in [5.41, 5.74) is 5.63. The van der Waals surface area contributed by atoms with Crippen LogP contribution in [0.3, 0.4) is 0 Å². The van der Waals surface area contributed by atoms with E-state index in [9.17, 15) is 4.79 Å². The molecule has 2 N–H and O–H groups in total. The lowest BCUT2D eigenvalue weighted by molar-refractivity contribution is 0.376. The van der Waals surface area contributed by atoms with Gasteiger partial charge in [0.05, 0.1) is 6.04 Å². The second kappa shape index (κ2) is 4.23. The van der Waals surface area contributed by atoms with Crippen LogP contribution in [0.5, 0.6) is 0 Å². The molecule has 0 aliphatic carbocycles. The number of nitrogens with zero attached hydrogens (tertiary/aromatic N) is 1. The quantitative estimate of drug-likeness (QED) is 0.754. The highest BCUT2D eigenvalue weighted by Crippen LogP contribution is 2.12. The molecule has 3 nitrogen and oxygen atoms in total. The molecule has 0 aliphatic rings. The van der Waals surface area contributed by atoms with Crippen molar-refractivity contribution >= 4 is 0 Å². The van der Waals surface area contributed by atoms with Crippen molar-refractivity contribution in [3.05, 3.63) is 34.7 Å². The van der Waals surface area contributed by atoms with Gasteiger partial charge in [-0.15, -0.1) is 0 Å². The largest absolute Gasteiger partial charge is 0.328 e. The smallest absolute Gasteiger partial charge is 0.250 e. The van der Waals surface area contributed by atoms with Crippen molar-refractivity contribution in [2.75, 3.05) is 6.54 Å². The van der Waals surface area contributed by atoms with Gasteiger partial charge in [0.2, 0.25) is 0 Å². The van der Waals surface area contributed by atoms with Crippen LogP contribution in [0.25, 0.3) is 0 Å². The fourth-order valence-corrected chi connectivity index (χ4v) is 1.42. The zero-order chi connectivity index (χ0) is 9.84. The van der Waals surface area contributed by atoms with Gasteiger partial charge in [-0.25, -0.2) is 0 Å². The molecule has 0 spiro atoms. The van der Waals surface area contributed by atoms with E-state index in [4.69, 9.17) is 5.73 Å². The molecule has 1 rings (SSSR count). The Morgan fingerprint density at radius 2 is 2.15 bits per heavy atom. The second-order valence-electron chi connectivity index (χ2n) is 3.49. The van der Waals surface area contributed by atoms with E-state index < -0.39 is 0 Å². The molecule has 0 bridgehead atoms. The van der Waals surface area contributed by atoms with Crippen LogP contribution >= 0.6 is 0 Å². The van der Waals surface area contributed by atoms with E-state index in [2.05, 4.69) is 13.8 Å². The summed E-state index contributed by atoms with van der Waals surface area (Å²) in [5.74, 6) is 0.380. The van der Waals surface area contributed by atoms with Gasteiger partial charge in [0.15, 0.2) is 0 Å². The van der Waals surface area contributed by atoms with Gasteiger partial charge in [-0.2, -0.15) is 0 Å². The Kier molecular flexibility index (Phi) is 3.25. The highest BCUT2D eigenvalue weighted by Gasteiger charge is 2.13. The summed E-state index contributed by atoms with van der Waals surface area (Å²) in [6, 6.07) is 5.26. The van der Waals surface area contributed by atoms with Gasteiger partial charge >= 0.3 is 0 Å². The molecule has 0 aliphatic heterocycles. The maximum absolute atomic E-state index is 11.4. The molecule has 1 heterocycles. The number of aromatic nitrogens is 1. The molecular weight excluding hydrogens is 164 g/mol. The van der Waals surface area contributed by atoms with Crippen LogP contribution < -0.4 is 11.3 Å². The monoisotopic (exact) mass is 180 g/mol. The number of rotatable bonds is 3. The normalized spacial score (nSPS) is 13.2. The van der Waals surface area contributed by atoms with Crippen LogP contribution in [0.4, 0.5) is 0 Å². The zero-order valence-corrected chi connectivity index (χ0v) is 8.10. The van der Waals surface area contributed by atoms with E-state index in [-0.39, 0.29) is 11.6 Å². The molecule has 0 amide bonds. The molecule has 72 valence electrons. The van der Waals surface area contributed by atoms with Gasteiger partial charge in [0.1, 0.15) is 0 Å². The number of hydrogen-bond acceptors (Lipinski definition) is 2. The first-order valence-electron chi connectivity index (χ1n) is 4.54. The first-order valence-corrected chi connectivity index (χ1v) is 4.54. The lowest BCUT2D eigenvalue weighted by atomic mass is 10.0. The second-order valence-corrected chi connectivity index (χ2v) is 3.49. The molecule has 0 saturated carbocycles. The van der Waals surface area contributed by atoms with Crippen LogP contribution in [0.2, 0.25) is 0 Å². The Labute approximate surface area is 78.2 Å². The van der Waals surface area contributed by atoms with Gasteiger partial charge in [-0.05, 0) is 12.0 Å². The Morgan fingerprint density at radius 3 is 2.62 bits per heavy atom. The van der Waals surface area contributed by atoms with E-state index in [1.165, 1.54) is 0 Å². The van der Waals surface area contributed by atoms with Crippen molar-refractivity contribution in [1.82, 2.24) is 4.57 Å². The lowest BCUT2D eigenvalue weighted by Gasteiger charge is -2.21. The Bertz CT molecular complexity index is 317. The molecule has 1 aromatic heterocycles. The van der Waals surface area contributed by atoms with E-state index in [1.807, 2.05) is 6.07 Å². The van der Waals surface area contributed by atoms with E-state index in [0.29, 0.717) is 12.5 Å². The minimum atomic E-state index is 0.0200. The number of hydrogen-bond donors (Lipinski definition) is 1. The highest BCUT2D eigenvalue weighted by atomic mass is 16.1. The third-order valence-corrected chi connectivity index (χ3v) is 2.22. The molecule has 0 radical (unpaired) electrons. The predicted octanol–water partition coefficient (Wildman–Crippen LogP) is 1.00. The summed E-state index contributed by atoms with van der Waals surface area (Å²) in [5, 5.41) is 0. The van der Waals surface area contributed by atoms with Crippen LogP contribution in [-0.4, -0.2) is 11.1 Å². The molecule has 1 unspecified atom stereocenters. The van der Waals surface area contributed by atoms with E-state index in [0.717, 1.165) is 0 Å². The predicted molar refractivity (Wildman–Crippen MR) is 53.6 cm³/mol. The van der Waals surface area contributed by atoms with Gasteiger partial charge in [0, 0.05) is 18.8 Å². The fraction of sp³-hybridized carbons (Fsp3) is 0.500. The third-order valence-electron chi connectivity index (χ3n) is 2.22. The van der Waals surface area contributed by atoms with E-state index in [1.54, 1.807) is 22.9 Å². The lowest BCUT2D eigenvalue weighted by Crippen LogP contribution is -2.31. The number of nitrogens with two attached hydrogens (primary N) is 1. The highest BCUT2D eigenvalue weighted by molar-refractivity contribution is 4.95. The number of pyridine rings is 1. The van der Waals surface area contributed by atoms with Crippen LogP contribution in [-0.2, 0) is 0 Å². The van der Waals surface area contributed by atoms with Crippen molar-refractivity contribution in [2.45, 2.75) is 19.9 Å². The molecule has 1 atom stereocenters. The van der Waals surface area contributed by atoms with Gasteiger partial charge in [-0.3, -0.25) is 4.79 Å². The van der Waals surface area contributed by atoms with Crippen molar-refractivity contribution in [3.8, 4) is 0 Å². The van der Waals surface area contributed by atoms with Crippen molar-refractivity contribution in [2.24, 2.45) is 11.7 Å². The summed E-state index contributed by atoms with van der Waals surface area (Å²) < 4.78 is 1.70. The van der Waals surface area contributed by atoms with Gasteiger partial charge in [-0.1, -0.05) is 19.9 Å². The molecule has 3 heteroatoms. The maximum Gasteiger partial charge on any atom is 0.250 e. The molecular formula is C10H16N2O. The summed E-state index contributed by atoms with van der Waals surface area (Å²) in [4.78, 5) is 11.4. The first-order chi connectivity index (χ1) is 6.16. The maximum atomic E-state index is 11.4. The zero-order valence-electron chi connectivity index (χ0n) is 8.10. The summed E-state index contributed by atoms with van der Waals surface area (Å²) in [6.45, 7) is 4.63. The fourth-order valence-electron chi connectivity index (χ4n) is 1.42. The van der Waals surface area contributed by atoms with Crippen LogP contribution in [0.1, 0.15) is 19.9 Å². The average molecular weight is 180 g/mol. The third kappa shape index (κ3) is 2.18. The van der Waals surface area contributed by atoms with Crippen LogP contribution in [0.15, 0.2) is 29.2 Å². The molecule has 13 heavy (non-hydrogen) atoms. The van der Waals surface area contributed by atoms with Crippen LogP contribution in [0, 0.1) is 5.92 Å². The molecule has 0 aromatic carbocycles. The average Bonchev–Trinajstić information content (AvgIpc) is 2.09. The molecule has 0 fully saturated rings. The van der Waals surface area contributed by atoms with Crippen molar-refractivity contribution < 1.29 is 0 Å². The van der Waals surface area contributed by atoms with Crippen molar-refractivity contribution in [3.63, 3.8) is 0 Å². The van der Waals surface area contributed by atoms with E-state index >= 15 is 0 Å². The van der Waals surface area contributed by atoms with Gasteiger partial charge in [0.25, 0.3) is 5.56 Å². The minimum absolute atomic E-state index is 0.0200. The summed E-state index contributed by atoms with van der Waals surface area (Å²) in [6.07, 6.45) is 1.79. The Morgan fingerprint density at radius 1 is 1.46 bits per heavy atom. The Balaban J connectivity index is 3.05.